The second-order valence-corrected chi connectivity index (χ2v) is 10.1. The summed E-state index contributed by atoms with van der Waals surface area (Å²) in [7, 11) is 0. The minimum absolute atomic E-state index is 0.113. The molecule has 0 fully saturated rings. The zero-order chi connectivity index (χ0) is 13.1. The second kappa shape index (κ2) is 10.5. The van der Waals surface area contributed by atoms with E-state index in [4.69, 9.17) is 20.9 Å². The fourth-order valence-corrected chi connectivity index (χ4v) is 5.03. The molecule has 0 aliphatic carbocycles. The molecular formula is C11H23O3PS2. The molecule has 0 heterocycles. The molecule has 6 heteroatoms. The number of hydrogen-bond acceptors (Lipinski definition) is 5. The lowest BCUT2D eigenvalue weighted by Gasteiger charge is -2.20. The van der Waals surface area contributed by atoms with E-state index < -0.39 is 5.69 Å². The predicted molar refractivity (Wildman–Crippen MR) is 79.1 cm³/mol. The number of unbranched alkanes of at least 4 members (excludes halogenated alkanes) is 2. The van der Waals surface area contributed by atoms with Gasteiger partial charge in [-0.1, -0.05) is 38.1 Å². The minimum Gasteiger partial charge on any atom is -0.322 e. The molecule has 0 aromatic carbocycles. The van der Waals surface area contributed by atoms with Gasteiger partial charge in [0.25, 0.3) is 0 Å². The first-order valence-corrected chi connectivity index (χ1v) is 10.3. The van der Waals surface area contributed by atoms with Crippen molar-refractivity contribution in [1.29, 1.82) is 0 Å². The van der Waals surface area contributed by atoms with Crippen LogP contribution in [0.15, 0.2) is 0 Å². The average molecular weight is 298 g/mol. The lowest BCUT2D eigenvalue weighted by atomic mass is 10.4. The van der Waals surface area contributed by atoms with Crippen molar-refractivity contribution in [2.45, 2.75) is 46.5 Å². The third-order valence-corrected chi connectivity index (χ3v) is 7.32. The molecule has 0 aromatic rings. The van der Waals surface area contributed by atoms with Crippen LogP contribution < -0.4 is 0 Å². The fourth-order valence-electron chi connectivity index (χ4n) is 0.923. The van der Waals surface area contributed by atoms with Gasteiger partial charge in [-0.15, -0.1) is 0 Å². The third kappa shape index (κ3) is 10.2. The SMILES string of the molecule is CCCCOP(=S)(OCCCC)SCC(C)=O. The Hall–Kier alpha value is 0.590. The predicted octanol–water partition coefficient (Wildman–Crippen LogP) is 4.17. The molecule has 0 saturated carbocycles. The number of carbonyl (C=O) groups excluding carboxylic acids is 1. The lowest BCUT2D eigenvalue weighted by Crippen LogP contribution is -2.00. The molecule has 0 bridgehead atoms. The zero-order valence-corrected chi connectivity index (χ0v) is 13.5. The zero-order valence-electron chi connectivity index (χ0n) is 10.9. The van der Waals surface area contributed by atoms with E-state index in [-0.39, 0.29) is 5.78 Å². The number of Topliss-reactive ketones (excluding diaryl/α,β-unsaturated/α-hetero) is 1. The summed E-state index contributed by atoms with van der Waals surface area (Å²) < 4.78 is 11.4. The Morgan fingerprint density at radius 2 is 1.65 bits per heavy atom. The van der Waals surface area contributed by atoms with Crippen LogP contribution in [0.2, 0.25) is 0 Å². The topological polar surface area (TPSA) is 35.5 Å². The van der Waals surface area contributed by atoms with Crippen molar-refractivity contribution in [3.8, 4) is 0 Å². The van der Waals surface area contributed by atoms with Gasteiger partial charge in [-0.3, -0.25) is 4.79 Å². The van der Waals surface area contributed by atoms with Gasteiger partial charge in [0.05, 0.1) is 19.0 Å². The Morgan fingerprint density at radius 1 is 1.18 bits per heavy atom. The minimum atomic E-state index is -2.30. The molecule has 0 aliphatic rings. The maximum absolute atomic E-state index is 11.0. The highest BCUT2D eigenvalue weighted by Gasteiger charge is 2.20. The fraction of sp³-hybridized carbons (Fsp3) is 0.909. The van der Waals surface area contributed by atoms with Crippen LogP contribution in [0.3, 0.4) is 0 Å². The molecule has 0 N–H and O–H groups in total. The Morgan fingerprint density at radius 3 is 2.00 bits per heavy atom. The van der Waals surface area contributed by atoms with Gasteiger partial charge in [0.15, 0.2) is 0 Å². The van der Waals surface area contributed by atoms with E-state index in [2.05, 4.69) is 13.8 Å². The molecule has 0 aromatic heterocycles. The molecule has 0 unspecified atom stereocenters. The van der Waals surface area contributed by atoms with Gasteiger partial charge in [-0.25, -0.2) is 0 Å². The molecule has 102 valence electrons. The van der Waals surface area contributed by atoms with Gasteiger partial charge < -0.3 is 9.05 Å². The highest BCUT2D eigenvalue weighted by molar-refractivity contribution is 8.68. The van der Waals surface area contributed by atoms with Crippen molar-refractivity contribution < 1.29 is 13.8 Å². The maximum Gasteiger partial charge on any atom is 0.247 e. The van der Waals surface area contributed by atoms with E-state index in [1.165, 1.54) is 11.4 Å². The smallest absolute Gasteiger partial charge is 0.247 e. The van der Waals surface area contributed by atoms with E-state index in [0.29, 0.717) is 19.0 Å². The van der Waals surface area contributed by atoms with Gasteiger partial charge in [0.2, 0.25) is 5.69 Å². The molecule has 0 rings (SSSR count). The van der Waals surface area contributed by atoms with E-state index in [1.54, 1.807) is 6.92 Å². The summed E-state index contributed by atoms with van der Waals surface area (Å²) in [5, 5.41) is 0. The number of carbonyl (C=O) groups is 1. The summed E-state index contributed by atoms with van der Waals surface area (Å²) in [4.78, 5) is 11.0. The van der Waals surface area contributed by atoms with Gasteiger partial charge >= 0.3 is 0 Å². The monoisotopic (exact) mass is 298 g/mol. The molecule has 0 amide bonds. The van der Waals surface area contributed by atoms with Crippen molar-refractivity contribution >= 4 is 34.7 Å². The van der Waals surface area contributed by atoms with Crippen LogP contribution in [0.25, 0.3) is 0 Å². The summed E-state index contributed by atoms with van der Waals surface area (Å²) in [6, 6.07) is 0. The first kappa shape index (κ1) is 17.6. The van der Waals surface area contributed by atoms with Crippen LogP contribution in [0.1, 0.15) is 46.5 Å². The van der Waals surface area contributed by atoms with Crippen LogP contribution in [0, 0.1) is 0 Å². The maximum atomic E-state index is 11.0. The Balaban J connectivity index is 4.14. The summed E-state index contributed by atoms with van der Waals surface area (Å²) in [6.07, 6.45) is 4.11. The van der Waals surface area contributed by atoms with Crippen LogP contribution >= 0.6 is 17.1 Å². The standard InChI is InChI=1S/C11H23O3PS2/c1-4-6-8-13-15(16,14-9-7-5-2)17-10-11(3)12/h4-10H2,1-3H3. The van der Waals surface area contributed by atoms with E-state index in [1.807, 2.05) is 0 Å². The highest BCUT2D eigenvalue weighted by Crippen LogP contribution is 2.61. The third-order valence-electron chi connectivity index (χ3n) is 1.92. The first-order chi connectivity index (χ1) is 8.04. The molecule has 0 radical (unpaired) electrons. The second-order valence-electron chi connectivity index (χ2n) is 3.80. The quantitative estimate of drug-likeness (QED) is 0.422. The van der Waals surface area contributed by atoms with E-state index >= 15 is 0 Å². The van der Waals surface area contributed by atoms with Crippen molar-refractivity contribution in [2.75, 3.05) is 19.0 Å². The number of hydrogen-bond donors (Lipinski definition) is 0. The van der Waals surface area contributed by atoms with Crippen LogP contribution in [-0.4, -0.2) is 24.7 Å². The molecule has 0 aliphatic heterocycles. The van der Waals surface area contributed by atoms with E-state index in [0.717, 1.165) is 25.7 Å². The molecule has 0 spiro atoms. The largest absolute Gasteiger partial charge is 0.322 e. The normalized spacial score (nSPS) is 11.7. The van der Waals surface area contributed by atoms with Crippen molar-refractivity contribution in [1.82, 2.24) is 0 Å². The van der Waals surface area contributed by atoms with Crippen molar-refractivity contribution in [3.05, 3.63) is 0 Å². The van der Waals surface area contributed by atoms with Gasteiger partial charge in [0.1, 0.15) is 5.78 Å². The highest BCUT2D eigenvalue weighted by atomic mass is 32.9. The summed E-state index contributed by atoms with van der Waals surface area (Å²) in [5.74, 6) is 0.498. The average Bonchev–Trinajstić information content (AvgIpc) is 2.27. The molecule has 3 nitrogen and oxygen atoms in total. The summed E-state index contributed by atoms with van der Waals surface area (Å²) >= 11 is 6.79. The van der Waals surface area contributed by atoms with Gasteiger partial charge in [-0.2, -0.15) is 0 Å². The molecule has 0 saturated heterocycles. The van der Waals surface area contributed by atoms with Crippen LogP contribution in [-0.2, 0) is 25.6 Å². The first-order valence-electron chi connectivity index (χ1n) is 6.07. The molecule has 17 heavy (non-hydrogen) atoms. The van der Waals surface area contributed by atoms with Gasteiger partial charge in [0, 0.05) is 0 Å². The Labute approximate surface area is 114 Å². The molecular weight excluding hydrogens is 275 g/mol. The molecule has 0 atom stereocenters. The van der Waals surface area contributed by atoms with Crippen molar-refractivity contribution in [2.24, 2.45) is 0 Å². The van der Waals surface area contributed by atoms with Crippen LogP contribution in [0.5, 0.6) is 0 Å². The van der Waals surface area contributed by atoms with Crippen LogP contribution in [0.4, 0.5) is 0 Å². The number of rotatable bonds is 11. The van der Waals surface area contributed by atoms with Gasteiger partial charge in [-0.05, 0) is 31.6 Å². The lowest BCUT2D eigenvalue weighted by molar-refractivity contribution is -0.114. The number of ketones is 1. The Kier molecular flexibility index (Phi) is 10.9. The summed E-state index contributed by atoms with van der Waals surface area (Å²) in [5.41, 5.74) is -2.30. The summed E-state index contributed by atoms with van der Waals surface area (Å²) in [6.45, 7) is 7.03. The van der Waals surface area contributed by atoms with E-state index in [9.17, 15) is 4.79 Å². The Bertz CT molecular complexity index is 245. The van der Waals surface area contributed by atoms with Crippen molar-refractivity contribution in [3.63, 3.8) is 0 Å².